The van der Waals surface area contributed by atoms with Crippen LogP contribution in [-0.2, 0) is 0 Å². The first-order valence-electron chi connectivity index (χ1n) is 16.8. The van der Waals surface area contributed by atoms with Crippen molar-refractivity contribution in [1.29, 1.82) is 0 Å². The lowest BCUT2D eigenvalue weighted by Gasteiger charge is -2.26. The molecule has 3 heterocycles. The molecule has 11 rings (SSSR count). The SMILES string of the molecule is c1ccc(N(c2ccccc2)c2cc3oc4ccc(-c5cc6c7ccccc7oc6c6c5sc5ccccc56)cc4c3c3ccccc23)cc1. The summed E-state index contributed by atoms with van der Waals surface area (Å²) in [7, 11) is 0. The van der Waals surface area contributed by atoms with Gasteiger partial charge in [0.15, 0.2) is 0 Å². The fourth-order valence-electron chi connectivity index (χ4n) is 7.84. The maximum absolute atomic E-state index is 6.73. The van der Waals surface area contributed by atoms with Crippen LogP contribution in [0.4, 0.5) is 17.1 Å². The average Bonchev–Trinajstić information content (AvgIpc) is 3.86. The zero-order valence-electron chi connectivity index (χ0n) is 26.8. The van der Waals surface area contributed by atoms with Gasteiger partial charge in [-0.05, 0) is 65.5 Å². The van der Waals surface area contributed by atoms with E-state index in [-0.39, 0.29) is 0 Å². The molecule has 0 aliphatic carbocycles. The van der Waals surface area contributed by atoms with Gasteiger partial charge in [-0.1, -0.05) is 103 Å². The predicted molar refractivity (Wildman–Crippen MR) is 212 cm³/mol. The molecule has 0 N–H and O–H groups in total. The summed E-state index contributed by atoms with van der Waals surface area (Å²) in [5.41, 5.74) is 9.24. The van der Waals surface area contributed by atoms with Crippen molar-refractivity contribution in [2.75, 3.05) is 4.90 Å². The molecule has 0 unspecified atom stereocenters. The van der Waals surface area contributed by atoms with Crippen LogP contribution in [0.15, 0.2) is 173 Å². The zero-order chi connectivity index (χ0) is 32.8. The first-order valence-corrected chi connectivity index (χ1v) is 17.7. The van der Waals surface area contributed by atoms with Crippen LogP contribution in [0.2, 0.25) is 0 Å². The van der Waals surface area contributed by atoms with Gasteiger partial charge >= 0.3 is 0 Å². The summed E-state index contributed by atoms with van der Waals surface area (Å²) >= 11 is 1.83. The molecular formula is C46H27NO2S. The lowest BCUT2D eigenvalue weighted by molar-refractivity contribution is 0.669. The van der Waals surface area contributed by atoms with Gasteiger partial charge in [0.1, 0.15) is 22.3 Å². The van der Waals surface area contributed by atoms with E-state index in [0.717, 1.165) is 71.9 Å². The second kappa shape index (κ2) is 10.6. The number of fused-ring (bicyclic) bond motifs is 12. The van der Waals surface area contributed by atoms with Crippen LogP contribution in [0.3, 0.4) is 0 Å². The van der Waals surface area contributed by atoms with Crippen molar-refractivity contribution >= 4 is 103 Å². The molecule has 0 radical (unpaired) electrons. The molecule has 11 aromatic rings. The number of para-hydroxylation sites is 3. The molecule has 234 valence electrons. The molecule has 0 saturated heterocycles. The fourth-order valence-corrected chi connectivity index (χ4v) is 9.07. The number of thiophene rings is 1. The van der Waals surface area contributed by atoms with Crippen molar-refractivity contribution in [2.24, 2.45) is 0 Å². The third-order valence-corrected chi connectivity index (χ3v) is 11.2. The lowest BCUT2D eigenvalue weighted by atomic mass is 9.96. The van der Waals surface area contributed by atoms with Gasteiger partial charge in [0, 0.05) is 70.1 Å². The Morgan fingerprint density at radius 2 is 1.06 bits per heavy atom. The van der Waals surface area contributed by atoms with Crippen molar-refractivity contribution in [3.8, 4) is 11.1 Å². The summed E-state index contributed by atoms with van der Waals surface area (Å²) in [6, 6.07) is 58.1. The van der Waals surface area contributed by atoms with E-state index in [0.29, 0.717) is 0 Å². The van der Waals surface area contributed by atoms with Crippen molar-refractivity contribution in [1.82, 2.24) is 0 Å². The number of anilines is 3. The van der Waals surface area contributed by atoms with E-state index in [1.54, 1.807) is 0 Å². The minimum Gasteiger partial charge on any atom is -0.456 e. The maximum Gasteiger partial charge on any atom is 0.144 e. The van der Waals surface area contributed by atoms with E-state index in [1.807, 2.05) is 17.4 Å². The topological polar surface area (TPSA) is 29.5 Å². The Morgan fingerprint density at radius 3 is 1.84 bits per heavy atom. The first-order chi connectivity index (χ1) is 24.8. The normalized spacial score (nSPS) is 12.0. The van der Waals surface area contributed by atoms with E-state index in [2.05, 4.69) is 163 Å². The number of hydrogen-bond acceptors (Lipinski definition) is 4. The lowest BCUT2D eigenvalue weighted by Crippen LogP contribution is -2.10. The Bertz CT molecular complexity index is 3060. The van der Waals surface area contributed by atoms with Gasteiger partial charge in [-0.25, -0.2) is 0 Å². The monoisotopic (exact) mass is 657 g/mol. The number of rotatable bonds is 4. The molecule has 3 nitrogen and oxygen atoms in total. The van der Waals surface area contributed by atoms with Crippen LogP contribution in [0.1, 0.15) is 0 Å². The molecule has 8 aromatic carbocycles. The molecule has 0 bridgehead atoms. The first kappa shape index (κ1) is 27.6. The van der Waals surface area contributed by atoms with Crippen molar-refractivity contribution in [3.63, 3.8) is 0 Å². The molecule has 0 saturated carbocycles. The highest BCUT2D eigenvalue weighted by Crippen LogP contribution is 2.49. The largest absolute Gasteiger partial charge is 0.456 e. The third kappa shape index (κ3) is 3.97. The van der Waals surface area contributed by atoms with Crippen molar-refractivity contribution in [2.45, 2.75) is 0 Å². The van der Waals surface area contributed by atoms with Gasteiger partial charge in [-0.3, -0.25) is 0 Å². The van der Waals surface area contributed by atoms with Crippen LogP contribution >= 0.6 is 11.3 Å². The van der Waals surface area contributed by atoms with Crippen molar-refractivity contribution in [3.05, 3.63) is 164 Å². The molecule has 4 heteroatoms. The van der Waals surface area contributed by atoms with Gasteiger partial charge in [-0.15, -0.1) is 11.3 Å². The third-order valence-electron chi connectivity index (χ3n) is 10.0. The summed E-state index contributed by atoms with van der Waals surface area (Å²) in [4.78, 5) is 2.32. The summed E-state index contributed by atoms with van der Waals surface area (Å²) in [6.45, 7) is 0. The number of furan rings is 2. The molecule has 0 aliphatic rings. The zero-order valence-corrected chi connectivity index (χ0v) is 27.6. The summed E-state index contributed by atoms with van der Waals surface area (Å²) in [6.07, 6.45) is 0. The highest BCUT2D eigenvalue weighted by atomic mass is 32.1. The standard InChI is InChI=1S/C46H27NO2S/c1-3-13-29(14-4-1)47(30-15-5-2-6-16-30)38-27-41-43(33-19-8-7-17-31(33)38)37-25-28(23-24-40(37)48-41)35-26-36-32-18-9-11-21-39(32)49-45(36)44-34-20-10-12-22-42(34)50-46(35)44/h1-27H. The van der Waals surface area contributed by atoms with Gasteiger partial charge in [0.25, 0.3) is 0 Å². The second-order valence-corrected chi connectivity index (χ2v) is 13.9. The van der Waals surface area contributed by atoms with Crippen molar-refractivity contribution < 1.29 is 8.83 Å². The van der Waals surface area contributed by atoms with E-state index >= 15 is 0 Å². The van der Waals surface area contributed by atoms with Gasteiger partial charge < -0.3 is 13.7 Å². The Kier molecular flexibility index (Phi) is 5.83. The number of nitrogens with zero attached hydrogens (tertiary/aromatic N) is 1. The summed E-state index contributed by atoms with van der Waals surface area (Å²) in [5, 5.41) is 9.26. The van der Waals surface area contributed by atoms with E-state index < -0.39 is 0 Å². The van der Waals surface area contributed by atoms with Crippen LogP contribution < -0.4 is 4.90 Å². The molecule has 0 atom stereocenters. The minimum absolute atomic E-state index is 0.867. The van der Waals surface area contributed by atoms with Gasteiger partial charge in [0.2, 0.25) is 0 Å². The fraction of sp³-hybridized carbons (Fsp3) is 0. The highest BCUT2D eigenvalue weighted by molar-refractivity contribution is 7.26. The van der Waals surface area contributed by atoms with E-state index in [1.165, 1.54) is 31.1 Å². The molecular weight excluding hydrogens is 631 g/mol. The van der Waals surface area contributed by atoms with Crippen LogP contribution in [0.25, 0.3) is 85.9 Å². The molecule has 50 heavy (non-hydrogen) atoms. The second-order valence-electron chi connectivity index (χ2n) is 12.8. The Labute approximate surface area is 290 Å². The average molecular weight is 658 g/mol. The van der Waals surface area contributed by atoms with Crippen LogP contribution in [0.5, 0.6) is 0 Å². The summed E-state index contributed by atoms with van der Waals surface area (Å²) < 4.78 is 15.8. The summed E-state index contributed by atoms with van der Waals surface area (Å²) in [5.74, 6) is 0. The molecule has 0 aliphatic heterocycles. The Balaban J connectivity index is 1.20. The van der Waals surface area contributed by atoms with E-state index in [4.69, 9.17) is 8.83 Å². The number of hydrogen-bond donors (Lipinski definition) is 0. The molecule has 0 spiro atoms. The molecule has 0 amide bonds. The van der Waals surface area contributed by atoms with Gasteiger partial charge in [-0.2, -0.15) is 0 Å². The molecule has 0 fully saturated rings. The maximum atomic E-state index is 6.73. The van der Waals surface area contributed by atoms with Crippen LogP contribution in [-0.4, -0.2) is 0 Å². The smallest absolute Gasteiger partial charge is 0.144 e. The highest BCUT2D eigenvalue weighted by Gasteiger charge is 2.22. The quantitative estimate of drug-likeness (QED) is 0.189. The van der Waals surface area contributed by atoms with E-state index in [9.17, 15) is 0 Å². The Morgan fingerprint density at radius 1 is 0.420 bits per heavy atom. The van der Waals surface area contributed by atoms with Gasteiger partial charge in [0.05, 0.1) is 5.69 Å². The molecule has 3 aromatic heterocycles. The Hall–Kier alpha value is -6.36. The van der Waals surface area contributed by atoms with Crippen LogP contribution in [0, 0.1) is 0 Å². The predicted octanol–water partition coefficient (Wildman–Crippen LogP) is 14.1. The minimum atomic E-state index is 0.867. The number of benzene rings is 8.